The van der Waals surface area contributed by atoms with Gasteiger partial charge in [0.1, 0.15) is 11.5 Å². The van der Waals surface area contributed by atoms with E-state index in [1.807, 2.05) is 0 Å². The molecule has 0 aliphatic carbocycles. The molecule has 2 aromatic heterocycles. The zero-order valence-corrected chi connectivity index (χ0v) is 9.76. The maximum Gasteiger partial charge on any atom is 0.262 e. The van der Waals surface area contributed by atoms with Gasteiger partial charge in [-0.2, -0.15) is 4.98 Å². The number of rotatable bonds is 2. The normalized spacial score (nSPS) is 10.7. The third kappa shape index (κ3) is 1.80. The highest BCUT2D eigenvalue weighted by molar-refractivity contribution is 7.13. The first-order chi connectivity index (χ1) is 8.74. The van der Waals surface area contributed by atoms with Crippen LogP contribution in [0.3, 0.4) is 0 Å². The number of hydrogen-bond donors (Lipinski definition) is 2. The van der Waals surface area contributed by atoms with E-state index < -0.39 is 0 Å². The van der Waals surface area contributed by atoms with Crippen molar-refractivity contribution in [2.75, 3.05) is 0 Å². The third-order valence-corrected chi connectivity index (χ3v) is 3.06. The van der Waals surface area contributed by atoms with Crippen molar-refractivity contribution in [1.82, 2.24) is 15.1 Å². The summed E-state index contributed by atoms with van der Waals surface area (Å²) < 4.78 is 5.07. The van der Waals surface area contributed by atoms with Crippen LogP contribution < -0.4 is 0 Å². The zero-order chi connectivity index (χ0) is 12.5. The molecular weight excluding hydrogens is 254 g/mol. The van der Waals surface area contributed by atoms with Crippen molar-refractivity contribution in [1.29, 1.82) is 0 Å². The fourth-order valence-electron chi connectivity index (χ4n) is 1.46. The summed E-state index contributed by atoms with van der Waals surface area (Å²) in [4.78, 5) is 8.87. The average Bonchev–Trinajstić information content (AvgIpc) is 2.99. The van der Waals surface area contributed by atoms with Gasteiger partial charge in [-0.1, -0.05) is 5.16 Å². The SMILES string of the molecule is Oc1ccc(-c2nc(-c3cncs3)no2)c(O)c1. The standard InChI is InChI=1S/C11H7N3O3S/c15-6-1-2-7(8(16)3-6)11-13-10(14-17-11)9-4-12-5-18-9/h1-5,15-16H. The number of nitrogens with zero attached hydrogens (tertiary/aromatic N) is 3. The molecule has 0 saturated carbocycles. The molecular formula is C11H7N3O3S. The maximum atomic E-state index is 9.69. The topological polar surface area (TPSA) is 92.3 Å². The van der Waals surface area contributed by atoms with Crippen LogP contribution in [0.15, 0.2) is 34.4 Å². The van der Waals surface area contributed by atoms with Crippen molar-refractivity contribution in [3.8, 4) is 33.7 Å². The van der Waals surface area contributed by atoms with E-state index >= 15 is 0 Å². The molecule has 3 rings (SSSR count). The lowest BCUT2D eigenvalue weighted by Gasteiger charge is -1.98. The van der Waals surface area contributed by atoms with Crippen LogP contribution in [0, 0.1) is 0 Å². The van der Waals surface area contributed by atoms with E-state index in [0.717, 1.165) is 4.88 Å². The van der Waals surface area contributed by atoms with Crippen LogP contribution in [-0.2, 0) is 0 Å². The van der Waals surface area contributed by atoms with Gasteiger partial charge >= 0.3 is 0 Å². The van der Waals surface area contributed by atoms with E-state index in [1.165, 1.54) is 29.5 Å². The molecule has 3 aromatic rings. The van der Waals surface area contributed by atoms with Gasteiger partial charge in [-0.25, -0.2) is 0 Å². The molecule has 18 heavy (non-hydrogen) atoms. The Morgan fingerprint density at radius 3 is 2.83 bits per heavy atom. The van der Waals surface area contributed by atoms with Gasteiger partial charge in [-0.15, -0.1) is 11.3 Å². The number of hydrogen-bond acceptors (Lipinski definition) is 7. The fraction of sp³-hybridized carbons (Fsp3) is 0. The molecule has 0 spiro atoms. The minimum atomic E-state index is -0.116. The molecule has 0 saturated heterocycles. The molecule has 1 aromatic carbocycles. The molecule has 2 heterocycles. The lowest BCUT2D eigenvalue weighted by atomic mass is 10.2. The Labute approximate surface area is 105 Å². The van der Waals surface area contributed by atoms with Crippen LogP contribution in [0.25, 0.3) is 22.2 Å². The van der Waals surface area contributed by atoms with Gasteiger partial charge in [0.25, 0.3) is 5.89 Å². The fourth-order valence-corrected chi connectivity index (χ4v) is 2.01. The molecule has 0 radical (unpaired) electrons. The number of phenolic OH excluding ortho intramolecular Hbond substituents is 2. The number of phenols is 2. The van der Waals surface area contributed by atoms with Gasteiger partial charge in [0.15, 0.2) is 0 Å². The summed E-state index contributed by atoms with van der Waals surface area (Å²) in [6, 6.07) is 4.16. The average molecular weight is 261 g/mol. The summed E-state index contributed by atoms with van der Waals surface area (Å²) in [7, 11) is 0. The maximum absolute atomic E-state index is 9.69. The largest absolute Gasteiger partial charge is 0.508 e. The lowest BCUT2D eigenvalue weighted by molar-refractivity contribution is 0.423. The van der Waals surface area contributed by atoms with Crippen LogP contribution in [0.2, 0.25) is 0 Å². The summed E-state index contributed by atoms with van der Waals surface area (Å²) in [5.41, 5.74) is 2.04. The Bertz CT molecular complexity index is 679. The minimum absolute atomic E-state index is 0.0292. The van der Waals surface area contributed by atoms with Crippen LogP contribution in [0.5, 0.6) is 11.5 Å². The van der Waals surface area contributed by atoms with Gasteiger partial charge in [0.05, 0.1) is 16.0 Å². The second kappa shape index (κ2) is 4.11. The third-order valence-electron chi connectivity index (χ3n) is 2.29. The Balaban J connectivity index is 2.03. The number of aromatic hydroxyl groups is 2. The van der Waals surface area contributed by atoms with Gasteiger partial charge in [-0.3, -0.25) is 4.98 Å². The van der Waals surface area contributed by atoms with E-state index in [9.17, 15) is 10.2 Å². The summed E-state index contributed by atoms with van der Waals surface area (Å²) >= 11 is 1.39. The van der Waals surface area contributed by atoms with E-state index in [1.54, 1.807) is 11.7 Å². The lowest BCUT2D eigenvalue weighted by Crippen LogP contribution is -1.79. The van der Waals surface area contributed by atoms with E-state index in [0.29, 0.717) is 11.4 Å². The first kappa shape index (κ1) is 10.7. The molecule has 90 valence electrons. The van der Waals surface area contributed by atoms with Crippen LogP contribution in [0.4, 0.5) is 0 Å². The van der Waals surface area contributed by atoms with Crippen LogP contribution in [0.1, 0.15) is 0 Å². The van der Waals surface area contributed by atoms with Crippen molar-refractivity contribution < 1.29 is 14.7 Å². The first-order valence-corrected chi connectivity index (χ1v) is 5.87. The monoisotopic (exact) mass is 261 g/mol. The summed E-state index contributed by atoms with van der Waals surface area (Å²) in [6.45, 7) is 0. The smallest absolute Gasteiger partial charge is 0.262 e. The van der Waals surface area contributed by atoms with Crippen molar-refractivity contribution in [3.63, 3.8) is 0 Å². The highest BCUT2D eigenvalue weighted by Crippen LogP contribution is 2.32. The Kier molecular flexibility index (Phi) is 2.45. The molecule has 0 unspecified atom stereocenters. The predicted molar refractivity (Wildman–Crippen MR) is 64.2 cm³/mol. The second-order valence-corrected chi connectivity index (χ2v) is 4.38. The Hall–Kier alpha value is -2.41. The molecule has 6 nitrogen and oxygen atoms in total. The summed E-state index contributed by atoms with van der Waals surface area (Å²) in [5, 5.41) is 22.7. The van der Waals surface area contributed by atoms with Crippen molar-refractivity contribution in [2.24, 2.45) is 0 Å². The first-order valence-electron chi connectivity index (χ1n) is 4.99. The Morgan fingerprint density at radius 1 is 1.22 bits per heavy atom. The second-order valence-electron chi connectivity index (χ2n) is 3.49. The van der Waals surface area contributed by atoms with E-state index in [4.69, 9.17) is 4.52 Å². The van der Waals surface area contributed by atoms with Crippen molar-refractivity contribution in [2.45, 2.75) is 0 Å². The van der Waals surface area contributed by atoms with Crippen LogP contribution >= 0.6 is 11.3 Å². The van der Waals surface area contributed by atoms with Gasteiger partial charge in [0, 0.05) is 12.3 Å². The number of aromatic nitrogens is 3. The molecule has 2 N–H and O–H groups in total. The number of thiazole rings is 1. The molecule has 0 atom stereocenters. The predicted octanol–water partition coefficient (Wildman–Crippen LogP) is 2.27. The van der Waals surface area contributed by atoms with Crippen molar-refractivity contribution in [3.05, 3.63) is 29.9 Å². The van der Waals surface area contributed by atoms with Crippen LogP contribution in [-0.4, -0.2) is 25.3 Å². The highest BCUT2D eigenvalue weighted by atomic mass is 32.1. The van der Waals surface area contributed by atoms with Gasteiger partial charge < -0.3 is 14.7 Å². The molecule has 7 heteroatoms. The van der Waals surface area contributed by atoms with Gasteiger partial charge in [0.2, 0.25) is 5.82 Å². The highest BCUT2D eigenvalue weighted by Gasteiger charge is 2.14. The molecule has 0 aliphatic heterocycles. The Morgan fingerprint density at radius 2 is 2.11 bits per heavy atom. The molecule has 0 fully saturated rings. The van der Waals surface area contributed by atoms with E-state index in [2.05, 4.69) is 15.1 Å². The summed E-state index contributed by atoms with van der Waals surface area (Å²) in [5.74, 6) is 0.462. The molecule has 0 amide bonds. The number of benzene rings is 1. The zero-order valence-electron chi connectivity index (χ0n) is 8.94. The van der Waals surface area contributed by atoms with Crippen molar-refractivity contribution >= 4 is 11.3 Å². The molecule has 0 aliphatic rings. The summed E-state index contributed by atoms with van der Waals surface area (Å²) in [6.07, 6.45) is 1.63. The quantitative estimate of drug-likeness (QED) is 0.735. The minimum Gasteiger partial charge on any atom is -0.508 e. The van der Waals surface area contributed by atoms with E-state index in [-0.39, 0.29) is 17.4 Å². The van der Waals surface area contributed by atoms with Gasteiger partial charge in [-0.05, 0) is 12.1 Å². The molecule has 0 bridgehead atoms.